The Bertz CT molecular complexity index is 138. The van der Waals surface area contributed by atoms with Gasteiger partial charge in [0.15, 0.2) is 0 Å². The first-order valence-electron chi connectivity index (χ1n) is 2.90. The minimum atomic E-state index is -3.67. The Balaban J connectivity index is 2.38. The lowest BCUT2D eigenvalue weighted by molar-refractivity contribution is 0.161. The van der Waals surface area contributed by atoms with Crippen LogP contribution in [0, 0.1) is 0 Å². The number of thioether (sulfide) groups is 1. The van der Waals surface area contributed by atoms with Crippen molar-refractivity contribution in [3.05, 3.63) is 0 Å². The largest absolute Gasteiger partial charge is 0.472 e. The van der Waals surface area contributed by atoms with Crippen molar-refractivity contribution in [2.24, 2.45) is 0 Å². The molecule has 0 amide bonds. The Labute approximate surface area is 63.5 Å². The third-order valence-corrected chi connectivity index (χ3v) is 2.89. The Morgan fingerprint density at radius 3 is 2.30 bits per heavy atom. The van der Waals surface area contributed by atoms with Gasteiger partial charge in [-0.1, -0.05) is 0 Å². The standard InChI is InChI=1S/C4H9O4PS/c5-9(6)7-1-3-10-4-2-8-9/h1-4H2,(H,5,6). The van der Waals surface area contributed by atoms with E-state index >= 15 is 0 Å². The summed E-state index contributed by atoms with van der Waals surface area (Å²) in [5.41, 5.74) is 0. The fourth-order valence-corrected chi connectivity index (χ4v) is 2.13. The average Bonchev–Trinajstić information content (AvgIpc) is 1.81. The van der Waals surface area contributed by atoms with Gasteiger partial charge in [-0.15, -0.1) is 0 Å². The molecule has 1 rings (SSSR count). The first kappa shape index (κ1) is 8.56. The highest BCUT2D eigenvalue weighted by Crippen LogP contribution is 2.43. The van der Waals surface area contributed by atoms with Crippen LogP contribution in [0.25, 0.3) is 0 Å². The van der Waals surface area contributed by atoms with Crippen LogP contribution in [0.3, 0.4) is 0 Å². The van der Waals surface area contributed by atoms with Crippen molar-refractivity contribution in [2.45, 2.75) is 0 Å². The summed E-state index contributed by atoms with van der Waals surface area (Å²) in [5, 5.41) is 0. The number of phosphoric ester groups is 1. The molecule has 0 aromatic heterocycles. The zero-order valence-corrected chi connectivity index (χ0v) is 7.07. The molecule has 1 fully saturated rings. The van der Waals surface area contributed by atoms with E-state index < -0.39 is 7.82 Å². The summed E-state index contributed by atoms with van der Waals surface area (Å²) in [6, 6.07) is 0. The van der Waals surface area contributed by atoms with Gasteiger partial charge in [0, 0.05) is 11.5 Å². The minimum absolute atomic E-state index is 0.290. The van der Waals surface area contributed by atoms with Crippen molar-refractivity contribution in [1.29, 1.82) is 0 Å². The zero-order valence-electron chi connectivity index (χ0n) is 5.36. The number of hydrogen-bond donors (Lipinski definition) is 1. The fraction of sp³-hybridized carbons (Fsp3) is 1.00. The van der Waals surface area contributed by atoms with Crippen LogP contribution < -0.4 is 0 Å². The van der Waals surface area contributed by atoms with Crippen molar-refractivity contribution in [3.8, 4) is 0 Å². The van der Waals surface area contributed by atoms with E-state index in [1.165, 1.54) is 0 Å². The monoisotopic (exact) mass is 184 g/mol. The summed E-state index contributed by atoms with van der Waals surface area (Å²) in [4.78, 5) is 8.78. The maximum Gasteiger partial charge on any atom is 0.472 e. The highest BCUT2D eigenvalue weighted by molar-refractivity contribution is 7.99. The smallest absolute Gasteiger partial charge is 0.302 e. The van der Waals surface area contributed by atoms with Gasteiger partial charge >= 0.3 is 7.82 Å². The number of hydrogen-bond acceptors (Lipinski definition) is 4. The molecule has 0 aromatic rings. The van der Waals surface area contributed by atoms with E-state index in [2.05, 4.69) is 9.05 Å². The topological polar surface area (TPSA) is 55.8 Å². The van der Waals surface area contributed by atoms with Crippen LogP contribution in [-0.4, -0.2) is 29.6 Å². The third-order valence-electron chi connectivity index (χ3n) is 0.964. The van der Waals surface area contributed by atoms with Gasteiger partial charge in [-0.05, 0) is 0 Å². The molecule has 6 heteroatoms. The Hall–Kier alpha value is 0.460. The summed E-state index contributed by atoms with van der Waals surface area (Å²) in [6.45, 7) is 0.580. The molecule has 60 valence electrons. The van der Waals surface area contributed by atoms with E-state index in [4.69, 9.17) is 4.89 Å². The molecule has 0 aliphatic carbocycles. The third kappa shape index (κ3) is 3.03. The van der Waals surface area contributed by atoms with Crippen LogP contribution >= 0.6 is 19.6 Å². The first-order chi connectivity index (χ1) is 4.71. The van der Waals surface area contributed by atoms with Gasteiger partial charge in [-0.2, -0.15) is 11.8 Å². The summed E-state index contributed by atoms with van der Waals surface area (Å²) in [7, 11) is -3.67. The van der Waals surface area contributed by atoms with Crippen LogP contribution in [0.15, 0.2) is 0 Å². The molecule has 1 saturated heterocycles. The molecule has 4 nitrogen and oxygen atoms in total. The van der Waals surface area contributed by atoms with E-state index in [1.54, 1.807) is 11.8 Å². The molecule has 1 aliphatic rings. The Morgan fingerprint density at radius 2 is 1.80 bits per heavy atom. The molecular weight excluding hydrogens is 175 g/mol. The van der Waals surface area contributed by atoms with Crippen molar-refractivity contribution >= 4 is 19.6 Å². The summed E-state index contributed by atoms with van der Waals surface area (Å²) < 4.78 is 19.8. The van der Waals surface area contributed by atoms with Crippen molar-refractivity contribution in [3.63, 3.8) is 0 Å². The lowest BCUT2D eigenvalue weighted by Gasteiger charge is -2.14. The second kappa shape index (κ2) is 3.74. The summed E-state index contributed by atoms with van der Waals surface area (Å²) in [6.07, 6.45) is 0. The zero-order chi connectivity index (χ0) is 7.45. The second-order valence-electron chi connectivity index (χ2n) is 1.75. The maximum atomic E-state index is 10.7. The Morgan fingerprint density at radius 1 is 1.30 bits per heavy atom. The quantitative estimate of drug-likeness (QED) is 0.566. The molecule has 0 atom stereocenters. The van der Waals surface area contributed by atoms with Gasteiger partial charge < -0.3 is 4.89 Å². The van der Waals surface area contributed by atoms with Crippen LogP contribution in [-0.2, 0) is 13.6 Å². The minimum Gasteiger partial charge on any atom is -0.302 e. The van der Waals surface area contributed by atoms with E-state index in [1.807, 2.05) is 0 Å². The lowest BCUT2D eigenvalue weighted by atomic mass is 10.9. The highest BCUT2D eigenvalue weighted by atomic mass is 32.2. The van der Waals surface area contributed by atoms with Gasteiger partial charge in [0.1, 0.15) is 0 Å². The molecule has 0 aromatic carbocycles. The highest BCUT2D eigenvalue weighted by Gasteiger charge is 2.21. The number of rotatable bonds is 0. The van der Waals surface area contributed by atoms with Crippen molar-refractivity contribution in [2.75, 3.05) is 24.7 Å². The van der Waals surface area contributed by atoms with Gasteiger partial charge in [-0.3, -0.25) is 9.05 Å². The molecule has 0 bridgehead atoms. The summed E-state index contributed by atoms with van der Waals surface area (Å²) >= 11 is 1.65. The van der Waals surface area contributed by atoms with Crippen molar-refractivity contribution < 1.29 is 18.5 Å². The predicted octanol–water partition coefficient (Wildman–Crippen LogP) is 0.867. The van der Waals surface area contributed by atoms with Gasteiger partial charge in [0.2, 0.25) is 0 Å². The lowest BCUT2D eigenvalue weighted by Crippen LogP contribution is -2.06. The SMILES string of the molecule is O=P1(O)OCCSCCO1. The van der Waals surface area contributed by atoms with E-state index in [-0.39, 0.29) is 0 Å². The Kier molecular flexibility index (Phi) is 3.20. The van der Waals surface area contributed by atoms with Crippen LogP contribution in [0.4, 0.5) is 0 Å². The van der Waals surface area contributed by atoms with Gasteiger partial charge in [-0.25, -0.2) is 4.57 Å². The van der Waals surface area contributed by atoms with E-state index in [0.717, 1.165) is 11.5 Å². The molecule has 0 radical (unpaired) electrons. The van der Waals surface area contributed by atoms with Crippen LogP contribution in [0.1, 0.15) is 0 Å². The molecule has 0 unspecified atom stereocenters. The average molecular weight is 184 g/mol. The first-order valence-corrected chi connectivity index (χ1v) is 5.55. The van der Waals surface area contributed by atoms with Crippen molar-refractivity contribution in [1.82, 2.24) is 0 Å². The maximum absolute atomic E-state index is 10.7. The fourth-order valence-electron chi connectivity index (χ4n) is 0.562. The predicted molar refractivity (Wildman–Crippen MR) is 39.1 cm³/mol. The molecule has 0 spiro atoms. The molecule has 1 heterocycles. The van der Waals surface area contributed by atoms with Gasteiger partial charge in [0.25, 0.3) is 0 Å². The van der Waals surface area contributed by atoms with Crippen LogP contribution in [0.5, 0.6) is 0 Å². The molecule has 0 saturated carbocycles. The number of phosphoric acid groups is 1. The summed E-state index contributed by atoms with van der Waals surface area (Å²) in [5.74, 6) is 1.52. The molecule has 1 N–H and O–H groups in total. The molecule has 10 heavy (non-hydrogen) atoms. The molecule has 1 aliphatic heterocycles. The van der Waals surface area contributed by atoms with Crippen LogP contribution in [0.2, 0.25) is 0 Å². The van der Waals surface area contributed by atoms with E-state index in [9.17, 15) is 4.57 Å². The second-order valence-corrected chi connectivity index (χ2v) is 4.43. The molecular formula is C4H9O4PS. The normalized spacial score (nSPS) is 26.9. The van der Waals surface area contributed by atoms with Gasteiger partial charge in [0.05, 0.1) is 13.2 Å². The van der Waals surface area contributed by atoms with E-state index in [0.29, 0.717) is 13.2 Å².